The molecule has 9 heteroatoms. The summed E-state index contributed by atoms with van der Waals surface area (Å²) >= 11 is 4.89. The molecule has 1 aliphatic heterocycles. The number of anilines is 1. The third kappa shape index (κ3) is 6.80. The summed E-state index contributed by atoms with van der Waals surface area (Å²) in [5.74, 6) is 0.363. The van der Waals surface area contributed by atoms with Gasteiger partial charge in [-0.05, 0) is 68.2 Å². The number of amides is 1. The first kappa shape index (κ1) is 27.4. The molecule has 37 heavy (non-hydrogen) atoms. The summed E-state index contributed by atoms with van der Waals surface area (Å²) in [4.78, 5) is 18.3. The Balaban J connectivity index is 1.52. The molecule has 5 nitrogen and oxygen atoms in total. The normalized spacial score (nSPS) is 22.9. The highest BCUT2D eigenvalue weighted by molar-refractivity contribution is 7.82. The Bertz CT molecular complexity index is 1210. The fourth-order valence-corrected chi connectivity index (χ4v) is 5.68. The first-order chi connectivity index (χ1) is 17.4. The van der Waals surface area contributed by atoms with Gasteiger partial charge in [-0.25, -0.2) is 4.98 Å². The van der Waals surface area contributed by atoms with Crippen LogP contribution in [0.5, 0.6) is 0 Å². The quantitative estimate of drug-likeness (QED) is 0.292. The van der Waals surface area contributed by atoms with E-state index < -0.39 is 16.7 Å². The zero-order chi connectivity index (χ0) is 26.8. The van der Waals surface area contributed by atoms with Crippen LogP contribution in [0.4, 0.5) is 18.9 Å². The number of thiol groups is 1. The van der Waals surface area contributed by atoms with Gasteiger partial charge in [0.15, 0.2) is 0 Å². The van der Waals surface area contributed by atoms with Crippen LogP contribution < -0.4 is 10.6 Å². The zero-order valence-electron chi connectivity index (χ0n) is 21.5. The van der Waals surface area contributed by atoms with Crippen LogP contribution in [0, 0.1) is 5.92 Å². The maximum atomic E-state index is 13.5. The number of hydrogen-bond donors (Lipinski definition) is 3. The summed E-state index contributed by atoms with van der Waals surface area (Å²) in [6, 6.07) is 7.66. The second-order valence-corrected chi connectivity index (χ2v) is 11.5. The highest BCUT2D eigenvalue weighted by atomic mass is 32.1. The topological polar surface area (TPSA) is 57.3 Å². The molecule has 0 bridgehead atoms. The minimum atomic E-state index is -4.56. The number of halogens is 3. The fraction of sp³-hybridized carbons (Fsp3) is 0.500. The number of carbonyl (C=O) groups excluding carboxylic acids is 1. The van der Waals surface area contributed by atoms with Crippen molar-refractivity contribution < 1.29 is 18.0 Å². The largest absolute Gasteiger partial charge is 0.433 e. The molecular weight excluding hydrogens is 497 g/mol. The molecule has 4 rings (SSSR count). The number of alkyl halides is 3. The average Bonchev–Trinajstić information content (AvgIpc) is 2.99. The smallest absolute Gasteiger partial charge is 0.370 e. The molecule has 1 aliphatic carbocycles. The van der Waals surface area contributed by atoms with Gasteiger partial charge in [0.2, 0.25) is 0 Å². The maximum absolute atomic E-state index is 13.5. The van der Waals surface area contributed by atoms with Crippen molar-refractivity contribution in [2.45, 2.75) is 69.5 Å². The number of rotatable bonds is 6. The third-order valence-corrected chi connectivity index (χ3v) is 7.44. The van der Waals surface area contributed by atoms with Gasteiger partial charge in [-0.2, -0.15) is 25.8 Å². The Kier molecular flexibility index (Phi) is 8.11. The fourth-order valence-electron chi connectivity index (χ4n) is 5.18. The van der Waals surface area contributed by atoms with Crippen molar-refractivity contribution >= 4 is 35.1 Å². The van der Waals surface area contributed by atoms with E-state index in [1.165, 1.54) is 5.57 Å². The summed E-state index contributed by atoms with van der Waals surface area (Å²) in [5, 5.41) is 7.06. The Labute approximate surface area is 222 Å². The minimum absolute atomic E-state index is 0.129. The van der Waals surface area contributed by atoms with Crippen molar-refractivity contribution in [3.05, 3.63) is 59.4 Å². The molecule has 2 atom stereocenters. The second kappa shape index (κ2) is 11.0. The Morgan fingerprint density at radius 3 is 2.78 bits per heavy atom. The van der Waals surface area contributed by atoms with E-state index in [1.807, 2.05) is 18.0 Å². The van der Waals surface area contributed by atoms with Crippen LogP contribution in [0.15, 0.2) is 53.8 Å². The van der Waals surface area contributed by atoms with Crippen LogP contribution in [-0.2, 0) is 11.0 Å². The van der Waals surface area contributed by atoms with Crippen molar-refractivity contribution in [1.29, 1.82) is 0 Å². The van der Waals surface area contributed by atoms with Crippen molar-refractivity contribution in [3.8, 4) is 0 Å². The van der Waals surface area contributed by atoms with Crippen molar-refractivity contribution in [2.24, 2.45) is 5.92 Å². The molecule has 1 saturated carbocycles. The van der Waals surface area contributed by atoms with Crippen molar-refractivity contribution in [3.63, 3.8) is 0 Å². The average molecular weight is 533 g/mol. The molecule has 0 unspecified atom stereocenters. The summed E-state index contributed by atoms with van der Waals surface area (Å²) in [6.07, 6.45) is 4.13. The van der Waals surface area contributed by atoms with Crippen molar-refractivity contribution in [1.82, 2.24) is 15.2 Å². The van der Waals surface area contributed by atoms with E-state index in [-0.39, 0.29) is 17.5 Å². The van der Waals surface area contributed by atoms with Crippen LogP contribution >= 0.6 is 12.6 Å². The van der Waals surface area contributed by atoms with Crippen LogP contribution in [0.2, 0.25) is 0 Å². The van der Waals surface area contributed by atoms with E-state index >= 15 is 0 Å². The highest BCUT2D eigenvalue weighted by Crippen LogP contribution is 2.39. The number of allylic oxidation sites excluding steroid dienone is 2. The SMILES string of the molecule is CC(C)CC1=CCCN(C)C(C(=O)N[C@@H]2CCC[C@@](S)(Nc3cc(C(F)(F)F)nc4ccccc34)C2)=C1. The molecule has 0 radical (unpaired) electrons. The molecule has 200 valence electrons. The first-order valence-corrected chi connectivity index (χ1v) is 13.3. The molecule has 2 heterocycles. The zero-order valence-corrected chi connectivity index (χ0v) is 22.4. The van der Waals surface area contributed by atoms with Gasteiger partial charge in [-0.3, -0.25) is 4.79 Å². The predicted octanol–water partition coefficient (Wildman–Crippen LogP) is 6.54. The number of pyridine rings is 1. The van der Waals surface area contributed by atoms with Crippen LogP contribution in [0.25, 0.3) is 10.9 Å². The molecule has 1 aromatic carbocycles. The summed E-state index contributed by atoms with van der Waals surface area (Å²) in [6.45, 7) is 5.09. The van der Waals surface area contributed by atoms with Crippen molar-refractivity contribution in [2.75, 3.05) is 18.9 Å². The van der Waals surface area contributed by atoms with Gasteiger partial charge >= 0.3 is 6.18 Å². The van der Waals surface area contributed by atoms with Gasteiger partial charge in [-0.15, -0.1) is 0 Å². The van der Waals surface area contributed by atoms with E-state index in [1.54, 1.807) is 24.3 Å². The highest BCUT2D eigenvalue weighted by Gasteiger charge is 2.37. The molecular formula is C28H35F3N4OS. The van der Waals surface area contributed by atoms with Crippen LogP contribution in [0.1, 0.15) is 58.1 Å². The number of carbonyl (C=O) groups is 1. The summed E-state index contributed by atoms with van der Waals surface area (Å²) < 4.78 is 40.6. The van der Waals surface area contributed by atoms with Gasteiger partial charge < -0.3 is 15.5 Å². The molecule has 0 saturated heterocycles. The number of hydrogen-bond acceptors (Lipinski definition) is 5. The molecule has 1 fully saturated rings. The number of benzene rings is 1. The lowest BCUT2D eigenvalue weighted by molar-refractivity contribution is -0.140. The third-order valence-electron chi connectivity index (χ3n) is 6.92. The van der Waals surface area contributed by atoms with Gasteiger partial charge in [-0.1, -0.05) is 38.1 Å². The molecule has 1 amide bonds. The molecule has 2 N–H and O–H groups in total. The van der Waals surface area contributed by atoms with Gasteiger partial charge in [0.05, 0.1) is 10.4 Å². The Morgan fingerprint density at radius 2 is 2.05 bits per heavy atom. The van der Waals surface area contributed by atoms with Crippen LogP contribution in [-0.4, -0.2) is 40.3 Å². The number of nitrogens with zero attached hydrogens (tertiary/aromatic N) is 2. The number of fused-ring (bicyclic) bond motifs is 1. The van der Waals surface area contributed by atoms with Gasteiger partial charge in [0.1, 0.15) is 11.4 Å². The number of aromatic nitrogens is 1. The minimum Gasteiger partial charge on any atom is -0.370 e. The lowest BCUT2D eigenvalue weighted by Crippen LogP contribution is -2.48. The molecule has 1 aromatic heterocycles. The molecule has 0 spiro atoms. The predicted molar refractivity (Wildman–Crippen MR) is 145 cm³/mol. The number of nitrogens with one attached hydrogen (secondary N) is 2. The van der Waals surface area contributed by atoms with E-state index in [2.05, 4.69) is 35.5 Å². The Hall–Kier alpha value is -2.68. The summed E-state index contributed by atoms with van der Waals surface area (Å²) in [7, 11) is 1.93. The van der Waals surface area contributed by atoms with E-state index in [0.717, 1.165) is 38.3 Å². The standard InChI is InChI=1S/C28H35F3N4OS/c1-18(2)14-19-8-7-13-35(3)24(15-19)26(36)32-20-9-6-12-27(37,17-20)34-23-16-25(28(29,30)31)33-22-11-5-4-10-21(22)23/h4-5,8,10-11,15-16,18,20,37H,6-7,9,12-14,17H2,1-3H3,(H,32,36)(H,33,34)/t20-,27+/m1/s1. The van der Waals surface area contributed by atoms with E-state index in [9.17, 15) is 18.0 Å². The molecule has 2 aromatic rings. The lowest BCUT2D eigenvalue weighted by Gasteiger charge is -2.39. The Morgan fingerprint density at radius 1 is 1.30 bits per heavy atom. The lowest BCUT2D eigenvalue weighted by atomic mass is 9.89. The first-order valence-electron chi connectivity index (χ1n) is 12.8. The van der Waals surface area contributed by atoms with E-state index in [0.29, 0.717) is 35.5 Å². The second-order valence-electron chi connectivity index (χ2n) is 10.6. The van der Waals surface area contributed by atoms with Crippen LogP contribution in [0.3, 0.4) is 0 Å². The van der Waals surface area contributed by atoms with E-state index in [4.69, 9.17) is 12.6 Å². The number of likely N-dealkylation sites (N-methyl/N-ethyl adjacent to an activating group) is 1. The number of para-hydroxylation sites is 1. The molecule has 2 aliphatic rings. The van der Waals surface area contributed by atoms with Gasteiger partial charge in [0, 0.05) is 30.7 Å². The van der Waals surface area contributed by atoms with Gasteiger partial charge in [0.25, 0.3) is 5.91 Å². The summed E-state index contributed by atoms with van der Waals surface area (Å²) in [5.41, 5.74) is 1.48. The monoisotopic (exact) mass is 532 g/mol. The maximum Gasteiger partial charge on any atom is 0.433 e.